The summed E-state index contributed by atoms with van der Waals surface area (Å²) in [5.41, 5.74) is 6.33. The molecule has 2 aromatic carbocycles. The van der Waals surface area contributed by atoms with Gasteiger partial charge < -0.3 is 14.7 Å². The lowest BCUT2D eigenvalue weighted by atomic mass is 10.0. The van der Waals surface area contributed by atoms with E-state index in [1.807, 2.05) is 36.9 Å². The van der Waals surface area contributed by atoms with Crippen molar-refractivity contribution in [2.75, 3.05) is 49.1 Å². The molecular formula is C26H31ClN4O. The molecule has 0 aliphatic carbocycles. The van der Waals surface area contributed by atoms with Crippen LogP contribution in [0.4, 0.5) is 11.4 Å². The van der Waals surface area contributed by atoms with Crippen LogP contribution in [0.1, 0.15) is 35.3 Å². The molecule has 2 heterocycles. The van der Waals surface area contributed by atoms with Gasteiger partial charge in [-0.25, -0.2) is 0 Å². The first-order chi connectivity index (χ1) is 15.4. The molecule has 0 N–H and O–H groups in total. The van der Waals surface area contributed by atoms with Gasteiger partial charge in [0.05, 0.1) is 16.8 Å². The van der Waals surface area contributed by atoms with Gasteiger partial charge in [0.1, 0.15) is 0 Å². The number of hydrogen-bond acceptors (Lipinski definition) is 4. The second-order valence-corrected chi connectivity index (χ2v) is 8.86. The van der Waals surface area contributed by atoms with Gasteiger partial charge in [-0.15, -0.1) is 0 Å². The van der Waals surface area contributed by atoms with E-state index in [0.717, 1.165) is 42.8 Å². The number of pyridine rings is 1. The van der Waals surface area contributed by atoms with Crippen molar-refractivity contribution in [1.29, 1.82) is 0 Å². The van der Waals surface area contributed by atoms with Crippen LogP contribution >= 0.6 is 11.6 Å². The zero-order valence-corrected chi connectivity index (χ0v) is 20.1. The quantitative estimate of drug-likeness (QED) is 0.527. The van der Waals surface area contributed by atoms with E-state index in [1.54, 1.807) is 6.20 Å². The summed E-state index contributed by atoms with van der Waals surface area (Å²) in [7, 11) is 0. The number of halogens is 1. The van der Waals surface area contributed by atoms with E-state index in [4.69, 9.17) is 11.6 Å². The second kappa shape index (κ2) is 9.37. The van der Waals surface area contributed by atoms with Crippen molar-refractivity contribution in [1.82, 2.24) is 9.88 Å². The molecule has 1 saturated heterocycles. The maximum Gasteiger partial charge on any atom is 0.257 e. The van der Waals surface area contributed by atoms with Gasteiger partial charge in [0.15, 0.2) is 0 Å². The predicted molar refractivity (Wildman–Crippen MR) is 134 cm³/mol. The smallest absolute Gasteiger partial charge is 0.257 e. The molecule has 0 atom stereocenters. The van der Waals surface area contributed by atoms with Crippen molar-refractivity contribution >= 4 is 39.8 Å². The topological polar surface area (TPSA) is 39.7 Å². The number of benzene rings is 2. The largest absolute Gasteiger partial charge is 0.368 e. The molecule has 0 radical (unpaired) electrons. The molecule has 0 saturated carbocycles. The van der Waals surface area contributed by atoms with Gasteiger partial charge in [0, 0.05) is 61.6 Å². The third-order valence-corrected chi connectivity index (χ3v) is 6.62. The molecule has 5 nitrogen and oxygen atoms in total. The van der Waals surface area contributed by atoms with Crippen LogP contribution in [-0.2, 0) is 0 Å². The number of piperazine rings is 1. The SMILES string of the molecule is CCN(CC)C(=O)c1cnc2ccc(Cl)cc2c1N1CCN(c2cc(C)ccc2C)CC1. The first kappa shape index (κ1) is 22.4. The average molecular weight is 451 g/mol. The van der Waals surface area contributed by atoms with Crippen LogP contribution in [0, 0.1) is 13.8 Å². The Morgan fingerprint density at radius 2 is 1.69 bits per heavy atom. The van der Waals surface area contributed by atoms with Crippen LogP contribution in [0.5, 0.6) is 0 Å². The molecule has 4 rings (SSSR count). The number of aryl methyl sites for hydroxylation is 2. The van der Waals surface area contributed by atoms with Gasteiger partial charge in [0.25, 0.3) is 5.91 Å². The highest BCUT2D eigenvalue weighted by Crippen LogP contribution is 2.34. The van der Waals surface area contributed by atoms with Crippen LogP contribution in [0.15, 0.2) is 42.6 Å². The highest BCUT2D eigenvalue weighted by Gasteiger charge is 2.26. The summed E-state index contributed by atoms with van der Waals surface area (Å²) >= 11 is 6.36. The van der Waals surface area contributed by atoms with Crippen LogP contribution in [0.25, 0.3) is 10.9 Å². The highest BCUT2D eigenvalue weighted by atomic mass is 35.5. The molecular weight excluding hydrogens is 420 g/mol. The number of rotatable bonds is 5. The normalized spacial score (nSPS) is 14.2. The molecule has 1 fully saturated rings. The fraction of sp³-hybridized carbons (Fsp3) is 0.385. The van der Waals surface area contributed by atoms with Crippen molar-refractivity contribution in [3.05, 3.63) is 64.3 Å². The molecule has 1 aromatic heterocycles. The number of aromatic nitrogens is 1. The molecule has 0 spiro atoms. The van der Waals surface area contributed by atoms with Crippen LogP contribution in [0.2, 0.25) is 5.02 Å². The van der Waals surface area contributed by atoms with Crippen molar-refractivity contribution in [2.45, 2.75) is 27.7 Å². The van der Waals surface area contributed by atoms with E-state index in [0.29, 0.717) is 23.7 Å². The standard InChI is InChI=1S/C26H31ClN4O/c1-5-29(6-2)26(32)22-17-28-23-10-9-20(27)16-21(23)25(22)31-13-11-30(12-14-31)24-15-18(3)7-8-19(24)4/h7-10,15-17H,5-6,11-14H2,1-4H3. The van der Waals surface area contributed by atoms with Crippen molar-refractivity contribution < 1.29 is 4.79 Å². The number of hydrogen-bond donors (Lipinski definition) is 0. The molecule has 1 aliphatic rings. The lowest BCUT2D eigenvalue weighted by molar-refractivity contribution is 0.0773. The molecule has 1 aliphatic heterocycles. The van der Waals surface area contributed by atoms with E-state index in [2.05, 4.69) is 46.8 Å². The number of carbonyl (C=O) groups excluding carboxylic acids is 1. The lowest BCUT2D eigenvalue weighted by Crippen LogP contribution is -2.47. The van der Waals surface area contributed by atoms with Crippen LogP contribution < -0.4 is 9.80 Å². The molecule has 3 aromatic rings. The fourth-order valence-corrected chi connectivity index (χ4v) is 4.73. The number of fused-ring (bicyclic) bond motifs is 1. The summed E-state index contributed by atoms with van der Waals surface area (Å²) < 4.78 is 0. The molecule has 0 bridgehead atoms. The summed E-state index contributed by atoms with van der Waals surface area (Å²) in [4.78, 5) is 24.6. The second-order valence-electron chi connectivity index (χ2n) is 8.42. The minimum Gasteiger partial charge on any atom is -0.368 e. The average Bonchev–Trinajstić information content (AvgIpc) is 2.80. The summed E-state index contributed by atoms with van der Waals surface area (Å²) in [6.07, 6.45) is 1.74. The molecule has 0 unspecified atom stereocenters. The number of nitrogens with zero attached hydrogens (tertiary/aromatic N) is 4. The Balaban J connectivity index is 1.71. The Morgan fingerprint density at radius 1 is 1.00 bits per heavy atom. The van der Waals surface area contributed by atoms with Gasteiger partial charge in [-0.3, -0.25) is 9.78 Å². The fourth-order valence-electron chi connectivity index (χ4n) is 4.56. The molecule has 6 heteroatoms. The van der Waals surface area contributed by atoms with E-state index in [1.165, 1.54) is 16.8 Å². The van der Waals surface area contributed by atoms with Gasteiger partial charge in [-0.2, -0.15) is 0 Å². The minimum absolute atomic E-state index is 0.0244. The Morgan fingerprint density at radius 3 is 2.38 bits per heavy atom. The monoisotopic (exact) mass is 450 g/mol. The number of carbonyl (C=O) groups is 1. The van der Waals surface area contributed by atoms with Crippen molar-refractivity contribution in [3.63, 3.8) is 0 Å². The van der Waals surface area contributed by atoms with Crippen molar-refractivity contribution in [2.24, 2.45) is 0 Å². The van der Waals surface area contributed by atoms with Gasteiger partial charge in [-0.1, -0.05) is 23.7 Å². The molecule has 1 amide bonds. The van der Waals surface area contributed by atoms with Crippen LogP contribution in [-0.4, -0.2) is 55.1 Å². The highest BCUT2D eigenvalue weighted by molar-refractivity contribution is 6.31. The maximum atomic E-state index is 13.4. The Hall–Kier alpha value is -2.79. The van der Waals surface area contributed by atoms with E-state index < -0.39 is 0 Å². The minimum atomic E-state index is 0.0244. The first-order valence-corrected chi connectivity index (χ1v) is 11.8. The van der Waals surface area contributed by atoms with E-state index in [-0.39, 0.29) is 5.91 Å². The predicted octanol–water partition coefficient (Wildman–Crippen LogP) is 5.31. The number of anilines is 2. The van der Waals surface area contributed by atoms with E-state index >= 15 is 0 Å². The maximum absolute atomic E-state index is 13.4. The summed E-state index contributed by atoms with van der Waals surface area (Å²) in [6.45, 7) is 13.1. The van der Waals surface area contributed by atoms with Gasteiger partial charge in [-0.05, 0) is 63.1 Å². The van der Waals surface area contributed by atoms with Gasteiger partial charge >= 0.3 is 0 Å². The lowest BCUT2D eigenvalue weighted by Gasteiger charge is -2.39. The first-order valence-electron chi connectivity index (χ1n) is 11.4. The van der Waals surface area contributed by atoms with E-state index in [9.17, 15) is 4.79 Å². The third-order valence-electron chi connectivity index (χ3n) is 6.38. The molecule has 168 valence electrons. The molecule has 32 heavy (non-hydrogen) atoms. The van der Waals surface area contributed by atoms with Gasteiger partial charge in [0.2, 0.25) is 0 Å². The number of amides is 1. The Kier molecular flexibility index (Phi) is 6.56. The van der Waals surface area contributed by atoms with Crippen LogP contribution in [0.3, 0.4) is 0 Å². The van der Waals surface area contributed by atoms with Crippen molar-refractivity contribution in [3.8, 4) is 0 Å². The third kappa shape index (κ3) is 4.26. The summed E-state index contributed by atoms with van der Waals surface area (Å²) in [6, 6.07) is 12.3. The Bertz CT molecular complexity index is 1130. The zero-order valence-electron chi connectivity index (χ0n) is 19.4. The zero-order chi connectivity index (χ0) is 22.8. The summed E-state index contributed by atoms with van der Waals surface area (Å²) in [5, 5.41) is 1.60. The summed E-state index contributed by atoms with van der Waals surface area (Å²) in [5.74, 6) is 0.0244. The Labute approximate surface area is 195 Å².